The van der Waals surface area contributed by atoms with Gasteiger partial charge < -0.3 is 20.7 Å². The van der Waals surface area contributed by atoms with Crippen molar-refractivity contribution in [2.75, 3.05) is 23.8 Å². The molecule has 0 aromatic carbocycles. The lowest BCUT2D eigenvalue weighted by atomic mass is 10.1. The zero-order chi connectivity index (χ0) is 24.7. The molecule has 0 saturated carbocycles. The molecule has 4 aromatic heterocycles. The Kier molecular flexibility index (Phi) is 7.39. The predicted octanol–water partition coefficient (Wildman–Crippen LogP) is 4.48. The predicted molar refractivity (Wildman–Crippen MR) is 139 cm³/mol. The number of rotatable bonds is 8. The highest BCUT2D eigenvalue weighted by molar-refractivity contribution is 7.12. The Bertz CT molecular complexity index is 1340. The van der Waals surface area contributed by atoms with E-state index in [1.54, 1.807) is 30.6 Å². The third-order valence-electron chi connectivity index (χ3n) is 5.57. The second-order valence-corrected chi connectivity index (χ2v) is 9.30. The van der Waals surface area contributed by atoms with Gasteiger partial charge >= 0.3 is 5.97 Å². The Hall–Kier alpha value is -3.96. The van der Waals surface area contributed by atoms with Crippen molar-refractivity contribution in [3.8, 4) is 11.5 Å². The van der Waals surface area contributed by atoms with Gasteiger partial charge in [-0.2, -0.15) is 4.98 Å². The molecule has 11 heteroatoms. The van der Waals surface area contributed by atoms with Gasteiger partial charge in [0.1, 0.15) is 28.8 Å². The van der Waals surface area contributed by atoms with Crippen molar-refractivity contribution in [1.82, 2.24) is 30.2 Å². The van der Waals surface area contributed by atoms with Gasteiger partial charge in [0.05, 0.1) is 5.69 Å². The van der Waals surface area contributed by atoms with Gasteiger partial charge in [-0.15, -0.1) is 11.3 Å². The topological polar surface area (TPSA) is 127 Å². The Balaban J connectivity index is 1.21. The Labute approximate surface area is 212 Å². The van der Waals surface area contributed by atoms with Crippen LogP contribution < -0.4 is 16.0 Å². The standard InChI is InChI=1S/C25H26N8O2S/c1-16-5-4-7-19(29-16)23-27-11-8-21(32-23)31-22-9-12-28-25(33-22)30-18-13-20(36-15-18)24(34)35-14-17-6-2-3-10-26-17/h4-5,7-9,11-13,15,17,26H,2-3,6,10,14H2,1H3,(H2,27,28,30,31,32,33)/t17-/m0/s1. The SMILES string of the molecule is Cc1cccc(-c2nccc(Nc3ccnc(Nc4csc(C(=O)OC[C@@H]5CCCCN5)c4)n3)n2)n1. The van der Waals surface area contributed by atoms with E-state index in [9.17, 15) is 4.79 Å². The monoisotopic (exact) mass is 502 g/mol. The molecule has 5 rings (SSSR count). The number of piperidine rings is 1. The van der Waals surface area contributed by atoms with Crippen LogP contribution in [0, 0.1) is 6.92 Å². The van der Waals surface area contributed by atoms with Crippen LogP contribution in [0.1, 0.15) is 34.6 Å². The molecule has 0 spiro atoms. The summed E-state index contributed by atoms with van der Waals surface area (Å²) in [7, 11) is 0. The summed E-state index contributed by atoms with van der Waals surface area (Å²) in [5.74, 6) is 1.73. The van der Waals surface area contributed by atoms with E-state index in [0.29, 0.717) is 40.6 Å². The summed E-state index contributed by atoms with van der Waals surface area (Å²) in [5.41, 5.74) is 2.31. The number of hydrogen-bond donors (Lipinski definition) is 3. The maximum atomic E-state index is 12.4. The van der Waals surface area contributed by atoms with Crippen LogP contribution in [0.3, 0.4) is 0 Å². The van der Waals surface area contributed by atoms with Crippen LogP contribution in [-0.4, -0.2) is 50.1 Å². The second-order valence-electron chi connectivity index (χ2n) is 8.39. The zero-order valence-corrected chi connectivity index (χ0v) is 20.6. The summed E-state index contributed by atoms with van der Waals surface area (Å²) in [4.78, 5) is 35.1. The van der Waals surface area contributed by atoms with Crippen LogP contribution in [0.25, 0.3) is 11.5 Å². The first-order valence-corrected chi connectivity index (χ1v) is 12.6. The first-order chi connectivity index (χ1) is 17.6. The van der Waals surface area contributed by atoms with Crippen molar-refractivity contribution in [3.63, 3.8) is 0 Å². The average molecular weight is 503 g/mol. The van der Waals surface area contributed by atoms with Crippen molar-refractivity contribution in [3.05, 3.63) is 64.7 Å². The first-order valence-electron chi connectivity index (χ1n) is 11.8. The number of aromatic nitrogens is 5. The van der Waals surface area contributed by atoms with E-state index in [2.05, 4.69) is 40.9 Å². The molecule has 4 aromatic rings. The molecule has 1 atom stereocenters. The summed E-state index contributed by atoms with van der Waals surface area (Å²) < 4.78 is 5.49. The zero-order valence-electron chi connectivity index (χ0n) is 19.8. The van der Waals surface area contributed by atoms with Crippen LogP contribution in [0.5, 0.6) is 0 Å². The maximum Gasteiger partial charge on any atom is 0.348 e. The van der Waals surface area contributed by atoms with E-state index in [0.717, 1.165) is 24.3 Å². The number of anilines is 4. The Morgan fingerprint density at radius 1 is 1.08 bits per heavy atom. The number of nitrogens with zero attached hydrogens (tertiary/aromatic N) is 5. The molecule has 3 N–H and O–H groups in total. The van der Waals surface area contributed by atoms with Crippen molar-refractivity contribution in [2.24, 2.45) is 0 Å². The van der Waals surface area contributed by atoms with Gasteiger partial charge in [0.25, 0.3) is 0 Å². The molecule has 36 heavy (non-hydrogen) atoms. The van der Waals surface area contributed by atoms with Gasteiger partial charge in [-0.05, 0) is 56.6 Å². The van der Waals surface area contributed by atoms with Crippen LogP contribution >= 0.6 is 11.3 Å². The van der Waals surface area contributed by atoms with E-state index in [4.69, 9.17) is 4.74 Å². The van der Waals surface area contributed by atoms with Crippen molar-refractivity contribution >= 4 is 40.6 Å². The van der Waals surface area contributed by atoms with Crippen molar-refractivity contribution in [2.45, 2.75) is 32.2 Å². The molecule has 0 unspecified atom stereocenters. The van der Waals surface area contributed by atoms with Crippen LogP contribution in [-0.2, 0) is 4.74 Å². The second kappa shape index (κ2) is 11.2. The fourth-order valence-electron chi connectivity index (χ4n) is 3.79. The number of aryl methyl sites for hydroxylation is 1. The number of ether oxygens (including phenoxy) is 1. The van der Waals surface area contributed by atoms with Gasteiger partial charge in [-0.3, -0.25) is 0 Å². The first kappa shape index (κ1) is 23.8. The minimum absolute atomic E-state index is 0.239. The summed E-state index contributed by atoms with van der Waals surface area (Å²) in [6.07, 6.45) is 6.68. The molecule has 10 nitrogen and oxygen atoms in total. The number of thiophene rings is 1. The fourth-order valence-corrected chi connectivity index (χ4v) is 4.52. The fraction of sp³-hybridized carbons (Fsp3) is 0.280. The molecular weight excluding hydrogens is 476 g/mol. The summed E-state index contributed by atoms with van der Waals surface area (Å²) >= 11 is 1.32. The Morgan fingerprint density at radius 2 is 1.94 bits per heavy atom. The number of esters is 1. The molecule has 0 amide bonds. The van der Waals surface area contributed by atoms with Gasteiger partial charge in [0.2, 0.25) is 5.95 Å². The lowest BCUT2D eigenvalue weighted by molar-refractivity contribution is 0.0457. The minimum atomic E-state index is -0.320. The highest BCUT2D eigenvalue weighted by atomic mass is 32.1. The molecule has 0 bridgehead atoms. The summed E-state index contributed by atoms with van der Waals surface area (Å²) in [6, 6.07) is 11.2. The van der Waals surface area contributed by atoms with Gasteiger partial charge in [-0.25, -0.2) is 24.7 Å². The molecule has 1 fully saturated rings. The average Bonchev–Trinajstić information content (AvgIpc) is 3.37. The number of carbonyl (C=O) groups is 1. The molecule has 1 aliphatic heterocycles. The highest BCUT2D eigenvalue weighted by Crippen LogP contribution is 2.24. The number of pyridine rings is 1. The molecule has 1 saturated heterocycles. The summed E-state index contributed by atoms with van der Waals surface area (Å²) in [6.45, 7) is 3.29. The van der Waals surface area contributed by atoms with Crippen LogP contribution in [0.15, 0.2) is 54.2 Å². The smallest absolute Gasteiger partial charge is 0.348 e. The maximum absolute atomic E-state index is 12.4. The molecule has 1 aliphatic rings. The van der Waals surface area contributed by atoms with E-state index in [-0.39, 0.29) is 12.0 Å². The molecule has 5 heterocycles. The lowest BCUT2D eigenvalue weighted by Gasteiger charge is -2.22. The number of nitrogens with one attached hydrogen (secondary N) is 3. The van der Waals surface area contributed by atoms with Gasteiger partial charge in [0.15, 0.2) is 5.82 Å². The van der Waals surface area contributed by atoms with E-state index < -0.39 is 0 Å². The molecular formula is C25H26N8O2S. The molecule has 0 aliphatic carbocycles. The number of carbonyl (C=O) groups excluding carboxylic acids is 1. The van der Waals surface area contributed by atoms with E-state index in [1.807, 2.05) is 30.5 Å². The van der Waals surface area contributed by atoms with Gasteiger partial charge in [0, 0.05) is 29.5 Å². The van der Waals surface area contributed by atoms with Gasteiger partial charge in [-0.1, -0.05) is 12.5 Å². The third-order valence-corrected chi connectivity index (χ3v) is 6.48. The summed E-state index contributed by atoms with van der Waals surface area (Å²) in [5, 5.41) is 11.5. The largest absolute Gasteiger partial charge is 0.460 e. The minimum Gasteiger partial charge on any atom is -0.460 e. The Morgan fingerprint density at radius 3 is 2.78 bits per heavy atom. The van der Waals surface area contributed by atoms with Crippen LogP contribution in [0.4, 0.5) is 23.3 Å². The van der Waals surface area contributed by atoms with E-state index in [1.165, 1.54) is 24.2 Å². The molecule has 184 valence electrons. The lowest BCUT2D eigenvalue weighted by Crippen LogP contribution is -2.38. The number of hydrogen-bond acceptors (Lipinski definition) is 11. The highest BCUT2D eigenvalue weighted by Gasteiger charge is 2.17. The van der Waals surface area contributed by atoms with Crippen LogP contribution in [0.2, 0.25) is 0 Å². The quantitative estimate of drug-likeness (QED) is 0.297. The molecule has 0 radical (unpaired) electrons. The van der Waals surface area contributed by atoms with E-state index >= 15 is 0 Å². The van der Waals surface area contributed by atoms with Crippen molar-refractivity contribution < 1.29 is 9.53 Å². The van der Waals surface area contributed by atoms with Crippen molar-refractivity contribution in [1.29, 1.82) is 0 Å². The normalized spacial score (nSPS) is 15.3. The third kappa shape index (κ3) is 6.18.